The van der Waals surface area contributed by atoms with Gasteiger partial charge in [0.15, 0.2) is 5.82 Å². The second kappa shape index (κ2) is 8.47. The summed E-state index contributed by atoms with van der Waals surface area (Å²) in [6.07, 6.45) is 0.460. The topological polar surface area (TPSA) is 116 Å². The molecular weight excluding hydrogens is 452 g/mol. The fourth-order valence-electron chi connectivity index (χ4n) is 3.85. The highest BCUT2D eigenvalue weighted by molar-refractivity contribution is 8.23. The molecule has 168 valence electrons. The molecule has 1 fully saturated rings. The molecule has 12 heteroatoms. The Kier molecular flexibility index (Phi) is 6.05. The lowest BCUT2D eigenvalue weighted by Gasteiger charge is -2.33. The van der Waals surface area contributed by atoms with Crippen LogP contribution in [0, 0.1) is 11.6 Å². The van der Waals surface area contributed by atoms with Gasteiger partial charge in [0.05, 0.1) is 33.5 Å². The second-order valence-corrected chi connectivity index (χ2v) is 10.3. The van der Waals surface area contributed by atoms with Crippen LogP contribution in [0.1, 0.15) is 17.0 Å². The molecule has 0 unspecified atom stereocenters. The van der Waals surface area contributed by atoms with Crippen LogP contribution < -0.4 is 5.73 Å². The molecule has 2 aliphatic heterocycles. The van der Waals surface area contributed by atoms with Gasteiger partial charge in [-0.1, -0.05) is 11.6 Å². The third-order valence-corrected chi connectivity index (χ3v) is 7.30. The van der Waals surface area contributed by atoms with Gasteiger partial charge >= 0.3 is 6.03 Å². The van der Waals surface area contributed by atoms with Gasteiger partial charge in [0.25, 0.3) is 0 Å². The molecule has 0 saturated carbocycles. The molecule has 31 heavy (non-hydrogen) atoms. The smallest absolute Gasteiger partial charge is 0.314 e. The predicted molar refractivity (Wildman–Crippen MR) is 114 cm³/mol. The van der Waals surface area contributed by atoms with Crippen LogP contribution in [0.2, 0.25) is 5.02 Å². The molecule has 2 amide bonds. The van der Waals surface area contributed by atoms with Crippen molar-refractivity contribution in [1.29, 1.82) is 0 Å². The third kappa shape index (κ3) is 4.75. The number of primary amides is 1. The monoisotopic (exact) mass is 473 g/mol. The number of hydrogen-bond donors (Lipinski definition) is 3. The van der Waals surface area contributed by atoms with Crippen molar-refractivity contribution in [2.45, 2.75) is 17.9 Å². The van der Waals surface area contributed by atoms with Crippen molar-refractivity contribution in [2.75, 3.05) is 32.7 Å². The van der Waals surface area contributed by atoms with Crippen LogP contribution in [-0.2, 0) is 17.9 Å². The molecule has 0 radical (unpaired) electrons. The molecular formula is C19H22ClF2N5O3S. The van der Waals surface area contributed by atoms with Crippen LogP contribution in [0.3, 0.4) is 0 Å². The number of carbonyl (C=O) groups excluding carboxylic acids is 1. The Hall–Kier alpha value is -2.05. The Morgan fingerprint density at radius 3 is 2.52 bits per heavy atom. The molecule has 1 aromatic carbocycles. The van der Waals surface area contributed by atoms with Gasteiger partial charge < -0.3 is 10.6 Å². The fraction of sp³-hybridized carbons (Fsp3) is 0.421. The van der Waals surface area contributed by atoms with Crippen LogP contribution in [0.25, 0.3) is 11.4 Å². The first kappa shape index (κ1) is 22.2. The number of piperazine rings is 1. The van der Waals surface area contributed by atoms with Gasteiger partial charge in [0.1, 0.15) is 11.6 Å². The molecule has 0 aliphatic carbocycles. The van der Waals surface area contributed by atoms with Gasteiger partial charge in [-0.25, -0.2) is 23.5 Å². The minimum Gasteiger partial charge on any atom is -0.351 e. The number of benzene rings is 1. The van der Waals surface area contributed by atoms with Gasteiger partial charge in [0.2, 0.25) is 0 Å². The second-order valence-electron chi connectivity index (χ2n) is 7.67. The molecule has 0 spiro atoms. The maximum Gasteiger partial charge on any atom is 0.314 e. The highest BCUT2D eigenvalue weighted by atomic mass is 35.5. The molecule has 1 aromatic heterocycles. The van der Waals surface area contributed by atoms with E-state index in [1.54, 1.807) is 4.90 Å². The lowest BCUT2D eigenvalue weighted by molar-refractivity contribution is 0.145. The van der Waals surface area contributed by atoms with E-state index in [2.05, 4.69) is 14.9 Å². The quantitative estimate of drug-likeness (QED) is 0.588. The summed E-state index contributed by atoms with van der Waals surface area (Å²) >= 11 is 5.64. The van der Waals surface area contributed by atoms with Crippen molar-refractivity contribution < 1.29 is 22.7 Å². The zero-order chi connectivity index (χ0) is 22.3. The Balaban J connectivity index is 1.60. The van der Waals surface area contributed by atoms with E-state index in [0.717, 1.165) is 12.1 Å². The average molecular weight is 474 g/mol. The van der Waals surface area contributed by atoms with Crippen LogP contribution in [0.5, 0.6) is 0 Å². The van der Waals surface area contributed by atoms with Crippen molar-refractivity contribution in [3.8, 4) is 11.4 Å². The number of halogens is 3. The maximum atomic E-state index is 14.5. The summed E-state index contributed by atoms with van der Waals surface area (Å²) < 4.78 is 48.8. The number of nitrogens with two attached hydrogens (primary N) is 1. The van der Waals surface area contributed by atoms with Crippen molar-refractivity contribution in [3.05, 3.63) is 45.7 Å². The van der Waals surface area contributed by atoms with E-state index in [4.69, 9.17) is 17.3 Å². The number of amides is 2. The molecule has 0 atom stereocenters. The van der Waals surface area contributed by atoms with Crippen molar-refractivity contribution in [2.24, 2.45) is 5.73 Å². The van der Waals surface area contributed by atoms with Gasteiger partial charge in [-0.2, -0.15) is 10.6 Å². The van der Waals surface area contributed by atoms with E-state index in [0.29, 0.717) is 56.1 Å². The predicted octanol–water partition coefficient (Wildman–Crippen LogP) is 3.08. The normalized spacial score (nSPS) is 19.3. The zero-order valence-corrected chi connectivity index (χ0v) is 18.1. The summed E-state index contributed by atoms with van der Waals surface area (Å²) in [5, 5.41) is -0.341. The molecule has 4 rings (SSSR count). The highest BCUT2D eigenvalue weighted by Gasteiger charge is 2.31. The summed E-state index contributed by atoms with van der Waals surface area (Å²) in [5.74, 6) is -1.56. The standard InChI is InChI=1S/C19H22ClF2N5O3S/c20-13-8-14(21)11(7-15(13)22)18-24-16(12-9-31(29,30)10-17(12)25-18)1-2-26-3-5-27(6-4-26)19(23)28/h7-8,29-30H,1-6,9-10H2,(H2,23,28). The number of hydrogen-bond acceptors (Lipinski definition) is 6. The SMILES string of the molecule is NC(=O)N1CCN(CCc2nc(-c3cc(F)c(Cl)cc3F)nc3c2CS(O)(O)C3)CC1. The number of fused-ring (bicyclic) bond motifs is 1. The van der Waals surface area contributed by atoms with E-state index in [9.17, 15) is 22.7 Å². The van der Waals surface area contributed by atoms with Crippen LogP contribution in [-0.4, -0.2) is 67.6 Å². The minimum atomic E-state index is -2.87. The average Bonchev–Trinajstić information content (AvgIpc) is 3.03. The molecule has 2 aliphatic rings. The van der Waals surface area contributed by atoms with E-state index >= 15 is 0 Å². The van der Waals surface area contributed by atoms with Gasteiger partial charge in [-0.15, -0.1) is 0 Å². The van der Waals surface area contributed by atoms with Crippen molar-refractivity contribution in [3.63, 3.8) is 0 Å². The fourth-order valence-corrected chi connectivity index (χ4v) is 5.57. The van der Waals surface area contributed by atoms with Crippen molar-refractivity contribution >= 4 is 28.2 Å². The van der Waals surface area contributed by atoms with Gasteiger partial charge in [0, 0.05) is 44.7 Å². The van der Waals surface area contributed by atoms with E-state index in [1.165, 1.54) is 0 Å². The van der Waals surface area contributed by atoms with Crippen LogP contribution >= 0.6 is 22.2 Å². The lowest BCUT2D eigenvalue weighted by atomic mass is 10.1. The maximum absolute atomic E-state index is 14.5. The first-order valence-electron chi connectivity index (χ1n) is 9.67. The molecule has 3 heterocycles. The summed E-state index contributed by atoms with van der Waals surface area (Å²) in [7, 11) is -2.87. The Bertz CT molecular complexity index is 1030. The summed E-state index contributed by atoms with van der Waals surface area (Å²) in [5.41, 5.74) is 6.83. The van der Waals surface area contributed by atoms with Crippen LogP contribution in [0.4, 0.5) is 13.6 Å². The zero-order valence-electron chi connectivity index (χ0n) is 16.5. The first-order chi connectivity index (χ1) is 14.6. The Morgan fingerprint density at radius 2 is 1.84 bits per heavy atom. The summed E-state index contributed by atoms with van der Waals surface area (Å²) in [4.78, 5) is 23.8. The number of rotatable bonds is 4. The van der Waals surface area contributed by atoms with Gasteiger partial charge in [-0.05, 0) is 12.1 Å². The van der Waals surface area contributed by atoms with E-state index in [1.807, 2.05) is 0 Å². The van der Waals surface area contributed by atoms with Gasteiger partial charge in [-0.3, -0.25) is 14.0 Å². The van der Waals surface area contributed by atoms with Crippen molar-refractivity contribution in [1.82, 2.24) is 19.8 Å². The molecule has 0 bridgehead atoms. The summed E-state index contributed by atoms with van der Waals surface area (Å²) in [6.45, 7) is 2.95. The number of nitrogens with zero attached hydrogens (tertiary/aromatic N) is 4. The Labute approximate surface area is 184 Å². The largest absolute Gasteiger partial charge is 0.351 e. The number of carbonyl (C=O) groups is 1. The van der Waals surface area contributed by atoms with E-state index < -0.39 is 28.3 Å². The lowest BCUT2D eigenvalue weighted by Crippen LogP contribution is -2.50. The Morgan fingerprint density at radius 1 is 1.13 bits per heavy atom. The highest BCUT2D eigenvalue weighted by Crippen LogP contribution is 2.53. The van der Waals surface area contributed by atoms with Crippen LogP contribution in [0.15, 0.2) is 12.1 Å². The molecule has 2 aromatic rings. The van der Waals surface area contributed by atoms with E-state index in [-0.39, 0.29) is 27.9 Å². The minimum absolute atomic E-state index is 0.0162. The first-order valence-corrected chi connectivity index (χ1v) is 11.9. The molecule has 8 nitrogen and oxygen atoms in total. The molecule has 1 saturated heterocycles. The number of urea groups is 1. The molecule has 4 N–H and O–H groups in total. The number of aromatic nitrogens is 2. The summed E-state index contributed by atoms with van der Waals surface area (Å²) in [6, 6.07) is 1.37. The third-order valence-electron chi connectivity index (χ3n) is 5.52.